The second-order valence-corrected chi connectivity index (χ2v) is 4.06. The zero-order chi connectivity index (χ0) is 13.1. The van der Waals surface area contributed by atoms with Gasteiger partial charge in [0, 0.05) is 5.56 Å². The summed E-state index contributed by atoms with van der Waals surface area (Å²) in [5.74, 6) is -0.491. The van der Waals surface area contributed by atoms with Crippen LogP contribution in [0, 0.1) is 12.7 Å². The molecule has 0 fully saturated rings. The van der Waals surface area contributed by atoms with Gasteiger partial charge in [0.2, 0.25) is 0 Å². The first kappa shape index (κ1) is 12.3. The van der Waals surface area contributed by atoms with Crippen LogP contribution in [0.1, 0.15) is 28.4 Å². The van der Waals surface area contributed by atoms with Gasteiger partial charge in [-0.1, -0.05) is 18.6 Å². The molecule has 94 valence electrons. The van der Waals surface area contributed by atoms with E-state index in [4.69, 9.17) is 0 Å². The van der Waals surface area contributed by atoms with Crippen molar-refractivity contribution in [3.8, 4) is 0 Å². The molecule has 0 atom stereocenters. The molecule has 1 heterocycles. The van der Waals surface area contributed by atoms with Crippen LogP contribution in [0.4, 0.5) is 10.2 Å². The average Bonchev–Trinajstić information content (AvgIpc) is 2.79. The van der Waals surface area contributed by atoms with Crippen molar-refractivity contribution in [2.24, 2.45) is 0 Å². The Balaban J connectivity index is 2.25. The topological polar surface area (TPSA) is 57.8 Å². The SMILES string of the molecule is CCc1cn[nH]c1NC(=O)c1cc(C)ccc1F. The van der Waals surface area contributed by atoms with E-state index in [1.165, 1.54) is 12.1 Å². The zero-order valence-corrected chi connectivity index (χ0v) is 10.2. The number of carbonyl (C=O) groups excluding carboxylic acids is 1. The Bertz CT molecular complexity index is 577. The standard InChI is InChI=1S/C13H14FN3O/c1-3-9-7-15-17-12(9)16-13(18)10-6-8(2)4-5-11(10)14/h4-7H,3H2,1-2H3,(H2,15,16,17,18). The van der Waals surface area contributed by atoms with Gasteiger partial charge in [-0.2, -0.15) is 5.10 Å². The Kier molecular flexibility index (Phi) is 3.41. The van der Waals surface area contributed by atoms with E-state index in [2.05, 4.69) is 15.5 Å². The van der Waals surface area contributed by atoms with Crippen molar-refractivity contribution < 1.29 is 9.18 Å². The molecule has 0 aliphatic rings. The smallest absolute Gasteiger partial charge is 0.259 e. The Morgan fingerprint density at radius 2 is 2.28 bits per heavy atom. The quantitative estimate of drug-likeness (QED) is 0.876. The molecule has 0 radical (unpaired) electrons. The van der Waals surface area contributed by atoms with E-state index in [1.54, 1.807) is 12.3 Å². The Hall–Kier alpha value is -2.17. The van der Waals surface area contributed by atoms with E-state index in [1.807, 2.05) is 13.8 Å². The normalized spacial score (nSPS) is 10.4. The van der Waals surface area contributed by atoms with Crippen LogP contribution in [-0.2, 0) is 6.42 Å². The number of aromatic amines is 1. The maximum Gasteiger partial charge on any atom is 0.259 e. The molecule has 2 aromatic rings. The molecule has 0 saturated heterocycles. The highest BCUT2D eigenvalue weighted by molar-refractivity contribution is 6.04. The summed E-state index contributed by atoms with van der Waals surface area (Å²) in [7, 11) is 0. The highest BCUT2D eigenvalue weighted by atomic mass is 19.1. The highest BCUT2D eigenvalue weighted by Crippen LogP contribution is 2.15. The van der Waals surface area contributed by atoms with E-state index in [0.29, 0.717) is 5.82 Å². The number of nitrogens with zero attached hydrogens (tertiary/aromatic N) is 1. The fraction of sp³-hybridized carbons (Fsp3) is 0.231. The van der Waals surface area contributed by atoms with Crippen LogP contribution in [0.5, 0.6) is 0 Å². The van der Waals surface area contributed by atoms with Crippen molar-refractivity contribution in [2.45, 2.75) is 20.3 Å². The van der Waals surface area contributed by atoms with E-state index in [0.717, 1.165) is 17.5 Å². The number of anilines is 1. The van der Waals surface area contributed by atoms with E-state index in [-0.39, 0.29) is 5.56 Å². The predicted octanol–water partition coefficient (Wildman–Crippen LogP) is 2.67. The number of aryl methyl sites for hydroxylation is 2. The first-order valence-electron chi connectivity index (χ1n) is 5.71. The minimum Gasteiger partial charge on any atom is -0.307 e. The summed E-state index contributed by atoms with van der Waals surface area (Å²) >= 11 is 0. The molecule has 0 bridgehead atoms. The van der Waals surface area contributed by atoms with Crippen LogP contribution < -0.4 is 5.32 Å². The van der Waals surface area contributed by atoms with E-state index >= 15 is 0 Å². The monoisotopic (exact) mass is 247 g/mol. The molecular weight excluding hydrogens is 233 g/mol. The lowest BCUT2D eigenvalue weighted by molar-refractivity contribution is 0.102. The summed E-state index contributed by atoms with van der Waals surface area (Å²) < 4.78 is 13.5. The van der Waals surface area contributed by atoms with Crippen LogP contribution in [0.15, 0.2) is 24.4 Å². The lowest BCUT2D eigenvalue weighted by Crippen LogP contribution is -2.15. The fourth-order valence-electron chi connectivity index (χ4n) is 1.68. The average molecular weight is 247 g/mol. The first-order chi connectivity index (χ1) is 8.61. The summed E-state index contributed by atoms with van der Waals surface area (Å²) in [5, 5.41) is 9.16. The van der Waals surface area contributed by atoms with Gasteiger partial charge in [0.25, 0.3) is 5.91 Å². The largest absolute Gasteiger partial charge is 0.307 e. The summed E-state index contributed by atoms with van der Waals surface area (Å²) in [6.45, 7) is 3.76. The van der Waals surface area contributed by atoms with Gasteiger partial charge in [-0.3, -0.25) is 9.89 Å². The molecule has 0 spiro atoms. The van der Waals surface area contributed by atoms with Crippen LogP contribution in [0.2, 0.25) is 0 Å². The number of hydrogen-bond acceptors (Lipinski definition) is 2. The van der Waals surface area contributed by atoms with Gasteiger partial charge in [0.15, 0.2) is 0 Å². The molecule has 0 saturated carbocycles. The number of rotatable bonds is 3. The fourth-order valence-corrected chi connectivity index (χ4v) is 1.68. The third-order valence-electron chi connectivity index (χ3n) is 2.70. The van der Waals surface area contributed by atoms with Crippen molar-refractivity contribution in [3.63, 3.8) is 0 Å². The van der Waals surface area contributed by atoms with Gasteiger partial charge >= 0.3 is 0 Å². The minimum atomic E-state index is -0.532. The Labute approximate surface area is 104 Å². The molecule has 0 aliphatic heterocycles. The van der Waals surface area contributed by atoms with Crippen LogP contribution in [0.3, 0.4) is 0 Å². The number of H-pyrrole nitrogens is 1. The number of hydrogen-bond donors (Lipinski definition) is 2. The number of nitrogens with one attached hydrogen (secondary N) is 2. The Morgan fingerprint density at radius 1 is 1.50 bits per heavy atom. The van der Waals surface area contributed by atoms with Gasteiger partial charge in [0.05, 0.1) is 11.8 Å². The number of carbonyl (C=O) groups is 1. The van der Waals surface area contributed by atoms with Crippen molar-refractivity contribution >= 4 is 11.7 Å². The van der Waals surface area contributed by atoms with Crippen molar-refractivity contribution in [3.05, 3.63) is 46.9 Å². The predicted molar refractivity (Wildman–Crippen MR) is 67.1 cm³/mol. The van der Waals surface area contributed by atoms with Gasteiger partial charge in [-0.25, -0.2) is 4.39 Å². The molecule has 2 rings (SSSR count). The van der Waals surface area contributed by atoms with Gasteiger partial charge in [-0.15, -0.1) is 0 Å². The number of benzene rings is 1. The molecule has 0 unspecified atom stereocenters. The minimum absolute atomic E-state index is 0.0339. The lowest BCUT2D eigenvalue weighted by atomic mass is 10.1. The zero-order valence-electron chi connectivity index (χ0n) is 10.2. The molecule has 4 nitrogen and oxygen atoms in total. The van der Waals surface area contributed by atoms with E-state index < -0.39 is 11.7 Å². The van der Waals surface area contributed by atoms with Crippen molar-refractivity contribution in [1.29, 1.82) is 0 Å². The van der Waals surface area contributed by atoms with Gasteiger partial charge in [0.1, 0.15) is 11.6 Å². The maximum absolute atomic E-state index is 13.5. The third-order valence-corrected chi connectivity index (χ3v) is 2.70. The summed E-state index contributed by atoms with van der Waals surface area (Å²) in [6, 6.07) is 4.43. The second-order valence-electron chi connectivity index (χ2n) is 4.06. The van der Waals surface area contributed by atoms with Crippen molar-refractivity contribution in [1.82, 2.24) is 10.2 Å². The maximum atomic E-state index is 13.5. The van der Waals surface area contributed by atoms with Crippen LogP contribution >= 0.6 is 0 Å². The first-order valence-corrected chi connectivity index (χ1v) is 5.71. The number of aromatic nitrogens is 2. The van der Waals surface area contributed by atoms with E-state index in [9.17, 15) is 9.18 Å². The summed E-state index contributed by atoms with van der Waals surface area (Å²) in [5.41, 5.74) is 1.75. The summed E-state index contributed by atoms with van der Waals surface area (Å²) in [4.78, 5) is 12.0. The molecule has 5 heteroatoms. The molecule has 1 aromatic carbocycles. The van der Waals surface area contributed by atoms with Crippen LogP contribution in [-0.4, -0.2) is 16.1 Å². The van der Waals surface area contributed by atoms with Crippen LogP contribution in [0.25, 0.3) is 0 Å². The molecule has 1 aromatic heterocycles. The van der Waals surface area contributed by atoms with Gasteiger partial charge in [-0.05, 0) is 25.5 Å². The molecule has 0 aliphatic carbocycles. The van der Waals surface area contributed by atoms with Crippen molar-refractivity contribution in [2.75, 3.05) is 5.32 Å². The highest BCUT2D eigenvalue weighted by Gasteiger charge is 2.14. The molecule has 2 N–H and O–H groups in total. The summed E-state index contributed by atoms with van der Waals surface area (Å²) in [6.07, 6.45) is 2.38. The Morgan fingerprint density at radius 3 is 3.00 bits per heavy atom. The molecule has 1 amide bonds. The number of amides is 1. The molecule has 18 heavy (non-hydrogen) atoms. The van der Waals surface area contributed by atoms with Gasteiger partial charge < -0.3 is 5.32 Å². The lowest BCUT2D eigenvalue weighted by Gasteiger charge is -2.06. The number of halogens is 1. The second kappa shape index (κ2) is 5.00. The molecular formula is C13H14FN3O. The third kappa shape index (κ3) is 2.40.